The second-order valence-electron chi connectivity index (χ2n) is 6.41. The molecule has 0 N–H and O–H groups in total. The predicted octanol–water partition coefficient (Wildman–Crippen LogP) is 2.71. The summed E-state index contributed by atoms with van der Waals surface area (Å²) in [7, 11) is 0. The van der Waals surface area contributed by atoms with Gasteiger partial charge in [0.25, 0.3) is 0 Å². The van der Waals surface area contributed by atoms with Crippen molar-refractivity contribution < 1.29 is 14.3 Å². The second kappa shape index (κ2) is 5.35. The van der Waals surface area contributed by atoms with E-state index in [9.17, 15) is 9.59 Å². The lowest BCUT2D eigenvalue weighted by molar-refractivity contribution is -0.119. The normalized spacial score (nSPS) is 31.5. The molecule has 2 rings (SSSR count). The molecule has 0 saturated carbocycles. The summed E-state index contributed by atoms with van der Waals surface area (Å²) in [5, 5.41) is 0. The maximum Gasteiger partial charge on any atom is 0.411 e. The van der Waals surface area contributed by atoms with Crippen LogP contribution in [0.25, 0.3) is 0 Å². The van der Waals surface area contributed by atoms with Crippen LogP contribution in [0.15, 0.2) is 0 Å². The molecule has 2 fully saturated rings. The summed E-state index contributed by atoms with van der Waals surface area (Å²) in [5.74, 6) is 2.34. The van der Waals surface area contributed by atoms with Gasteiger partial charge in [0.15, 0.2) is 0 Å². The van der Waals surface area contributed by atoms with Crippen LogP contribution in [0.4, 0.5) is 4.79 Å². The van der Waals surface area contributed by atoms with Crippen molar-refractivity contribution in [3.8, 4) is 0 Å². The minimum absolute atomic E-state index is 0.282. The van der Waals surface area contributed by atoms with E-state index < -0.39 is 11.1 Å². The Balaban J connectivity index is 2.18. The molecule has 2 aliphatic heterocycles. The highest BCUT2D eigenvalue weighted by molar-refractivity contribution is 7.99. The lowest BCUT2D eigenvalue weighted by Gasteiger charge is -2.39. The van der Waals surface area contributed by atoms with E-state index in [1.807, 2.05) is 32.5 Å². The number of ether oxygens (including phenoxy) is 1. The van der Waals surface area contributed by atoms with Crippen molar-refractivity contribution in [2.45, 2.75) is 51.2 Å². The van der Waals surface area contributed by atoms with E-state index in [1.165, 1.54) is 0 Å². The molecule has 0 aliphatic carbocycles. The Morgan fingerprint density at radius 1 is 1.47 bits per heavy atom. The molecule has 2 atom stereocenters. The number of likely N-dealkylation sites (tertiary alicyclic amines) is 1. The minimum atomic E-state index is -0.619. The van der Waals surface area contributed by atoms with Gasteiger partial charge >= 0.3 is 6.09 Å². The van der Waals surface area contributed by atoms with Gasteiger partial charge in [-0.3, -0.25) is 4.90 Å². The van der Waals surface area contributed by atoms with Gasteiger partial charge in [-0.15, -0.1) is 0 Å². The van der Waals surface area contributed by atoms with E-state index in [-0.39, 0.29) is 12.0 Å². The first-order chi connectivity index (χ1) is 8.89. The highest BCUT2D eigenvalue weighted by Crippen LogP contribution is 2.42. The quantitative estimate of drug-likeness (QED) is 0.732. The van der Waals surface area contributed by atoms with Gasteiger partial charge in [0.1, 0.15) is 17.4 Å². The second-order valence-corrected chi connectivity index (χ2v) is 7.55. The molecule has 2 aliphatic rings. The van der Waals surface area contributed by atoms with E-state index in [2.05, 4.69) is 0 Å². The fourth-order valence-corrected chi connectivity index (χ4v) is 4.37. The van der Waals surface area contributed by atoms with E-state index in [1.54, 1.807) is 4.90 Å². The summed E-state index contributed by atoms with van der Waals surface area (Å²) >= 11 is 1.87. The molecule has 19 heavy (non-hydrogen) atoms. The number of hydrogen-bond donors (Lipinski definition) is 0. The van der Waals surface area contributed by atoms with Gasteiger partial charge in [0, 0.05) is 6.54 Å². The van der Waals surface area contributed by atoms with Crippen molar-refractivity contribution in [1.29, 1.82) is 0 Å². The Labute approximate surface area is 119 Å². The molecule has 108 valence electrons. The molecule has 5 heteroatoms. The Bertz CT molecular complexity index is 360. The lowest BCUT2D eigenvalue weighted by atomic mass is 9.82. The summed E-state index contributed by atoms with van der Waals surface area (Å²) in [6.07, 6.45) is 3.34. The largest absolute Gasteiger partial charge is 0.444 e. The standard InChI is InChI=1S/C14H23NO3S/c1-13(2,3)18-12(17)15-7-4-6-14(15,10-16)11-5-8-19-9-11/h10-11H,4-9H2,1-3H3. The molecule has 4 nitrogen and oxygen atoms in total. The van der Waals surface area contributed by atoms with Crippen LogP contribution in [0.3, 0.4) is 0 Å². The van der Waals surface area contributed by atoms with E-state index in [0.29, 0.717) is 6.54 Å². The van der Waals surface area contributed by atoms with Crippen LogP contribution in [-0.4, -0.2) is 46.5 Å². The van der Waals surface area contributed by atoms with Crippen LogP contribution in [0.1, 0.15) is 40.0 Å². The van der Waals surface area contributed by atoms with E-state index in [4.69, 9.17) is 4.74 Å². The van der Waals surface area contributed by atoms with Crippen molar-refractivity contribution in [2.24, 2.45) is 5.92 Å². The van der Waals surface area contributed by atoms with Crippen LogP contribution in [0.5, 0.6) is 0 Å². The Morgan fingerprint density at radius 3 is 2.74 bits per heavy atom. The summed E-state index contributed by atoms with van der Waals surface area (Å²) < 4.78 is 5.46. The fraction of sp³-hybridized carbons (Fsp3) is 0.857. The fourth-order valence-electron chi connectivity index (χ4n) is 3.01. The van der Waals surface area contributed by atoms with Crippen molar-refractivity contribution in [1.82, 2.24) is 4.90 Å². The molecule has 0 aromatic rings. The van der Waals surface area contributed by atoms with E-state index >= 15 is 0 Å². The molecule has 2 saturated heterocycles. The zero-order valence-electron chi connectivity index (χ0n) is 12.0. The number of nitrogens with zero attached hydrogens (tertiary/aromatic N) is 1. The molecule has 0 aromatic heterocycles. The van der Waals surface area contributed by atoms with Gasteiger partial charge in [-0.2, -0.15) is 11.8 Å². The number of amides is 1. The third kappa shape index (κ3) is 2.91. The average Bonchev–Trinajstić information content (AvgIpc) is 2.96. The van der Waals surface area contributed by atoms with Crippen molar-refractivity contribution in [3.05, 3.63) is 0 Å². The van der Waals surface area contributed by atoms with E-state index in [0.717, 1.165) is 37.1 Å². The van der Waals surface area contributed by atoms with Crippen molar-refractivity contribution >= 4 is 24.1 Å². The van der Waals surface area contributed by atoms with Crippen LogP contribution < -0.4 is 0 Å². The summed E-state index contributed by atoms with van der Waals surface area (Å²) in [6, 6.07) is 0. The molecule has 2 heterocycles. The zero-order valence-corrected chi connectivity index (χ0v) is 12.8. The molecular formula is C14H23NO3S. The molecule has 0 radical (unpaired) electrons. The van der Waals surface area contributed by atoms with Crippen LogP contribution in [0.2, 0.25) is 0 Å². The SMILES string of the molecule is CC(C)(C)OC(=O)N1CCCC1(C=O)C1CCSC1. The Hall–Kier alpha value is -0.710. The van der Waals surface area contributed by atoms with Gasteiger partial charge in [-0.1, -0.05) is 0 Å². The zero-order chi connectivity index (χ0) is 14.1. The number of thioether (sulfide) groups is 1. The first kappa shape index (κ1) is 14.7. The van der Waals surface area contributed by atoms with Crippen LogP contribution >= 0.6 is 11.8 Å². The first-order valence-corrected chi connectivity index (χ1v) is 8.09. The average molecular weight is 285 g/mol. The summed E-state index contributed by atoms with van der Waals surface area (Å²) in [4.78, 5) is 25.8. The molecule has 0 aromatic carbocycles. The maximum absolute atomic E-state index is 12.3. The van der Waals surface area contributed by atoms with Crippen molar-refractivity contribution in [2.75, 3.05) is 18.1 Å². The van der Waals surface area contributed by atoms with Crippen molar-refractivity contribution in [3.63, 3.8) is 0 Å². The highest BCUT2D eigenvalue weighted by atomic mass is 32.2. The molecular weight excluding hydrogens is 262 g/mol. The Morgan fingerprint density at radius 2 is 2.21 bits per heavy atom. The van der Waals surface area contributed by atoms with Crippen LogP contribution in [-0.2, 0) is 9.53 Å². The molecule has 1 amide bonds. The number of carbonyl (C=O) groups excluding carboxylic acids is 2. The smallest absolute Gasteiger partial charge is 0.411 e. The third-order valence-electron chi connectivity index (χ3n) is 3.92. The van der Waals surface area contributed by atoms with Gasteiger partial charge in [-0.25, -0.2) is 4.79 Å². The topological polar surface area (TPSA) is 46.6 Å². The molecule has 2 unspecified atom stereocenters. The molecule has 0 spiro atoms. The maximum atomic E-state index is 12.3. The highest BCUT2D eigenvalue weighted by Gasteiger charge is 2.51. The lowest BCUT2D eigenvalue weighted by Crippen LogP contribution is -2.55. The van der Waals surface area contributed by atoms with Gasteiger partial charge < -0.3 is 9.53 Å². The number of rotatable bonds is 2. The number of aldehydes is 1. The monoisotopic (exact) mass is 285 g/mol. The first-order valence-electron chi connectivity index (χ1n) is 6.94. The van der Waals surface area contributed by atoms with Gasteiger partial charge in [-0.05, 0) is 57.5 Å². The number of hydrogen-bond acceptors (Lipinski definition) is 4. The summed E-state index contributed by atoms with van der Waals surface area (Å²) in [6.45, 7) is 6.20. The summed E-state index contributed by atoms with van der Waals surface area (Å²) in [5.41, 5.74) is -1.13. The predicted molar refractivity (Wildman–Crippen MR) is 76.4 cm³/mol. The third-order valence-corrected chi connectivity index (χ3v) is 5.08. The molecule has 0 bridgehead atoms. The number of carbonyl (C=O) groups is 2. The van der Waals surface area contributed by atoms with Gasteiger partial charge in [0.2, 0.25) is 0 Å². The van der Waals surface area contributed by atoms with Crippen LogP contribution in [0, 0.1) is 5.92 Å². The van der Waals surface area contributed by atoms with Gasteiger partial charge in [0.05, 0.1) is 0 Å². The Kier molecular flexibility index (Phi) is 4.14. The minimum Gasteiger partial charge on any atom is -0.444 e.